The number of alkyl carbamates (subject to hydrolysis) is 1. The quantitative estimate of drug-likeness (QED) is 0.00172. The van der Waals surface area contributed by atoms with Gasteiger partial charge in [0.25, 0.3) is 5.69 Å². The van der Waals surface area contributed by atoms with Crippen LogP contribution in [-0.2, 0) is 84.1 Å². The van der Waals surface area contributed by atoms with Gasteiger partial charge in [0.1, 0.15) is 78.6 Å². The standard InChI is InChI=1S/C38H53N3O10S2.C15H14N2O5S2.C10H8N2S2.C8H11NOS2.C6H10O3S.C4H7ClO2.C3H8OS.C2H4OS.CH3F.K/c1-23(10-13-32-24(2)17-31(27(5)50-32)41-34(44)15-12-25(3)49-28(6)42)11-14-33-36(45)38(22-48-38)19-30(51-33)18-29(43)20-40-37(46)47-21-26(4)52-53-35-9-7-8-16-39-35;1-11(23-24-14-4-2-3-9-16-14)10-21-15(18)22-13-7-5-12(6-8-13)17(19)20;1-3-7-11-9(5-1)13-14-10-6-2-4-8-12-10;1-7(6-10)11-12-8-4-2-3-5-9-8;1-4(6(8)9-3)10-5(2)7;1-3(5)4(6)7-2;1-3(5)2-4;1-2(3)4;1-2;/h7-12,14-16,24-27,30-33,36,45H,13,17-22H2,1-6H3,(H,40,46)(H,41,44);2-9,11H,10H2,1H3;1-8H;2-5,7,10H,6H2,1H3;4H,1-3H3;3H,1-2H3;3-5H,2H2,1H3;1H3,(H,3,4);1H3;/q;;;;;;;;;+1/p-1/b14-11+,15-12-,23-10+;;;;;;;;;/t24-,25-,26+,27+,30+,31+,32-,33+,36+,38+;11-;;7-;4-;2*3-;;;/m01.1101.../s1/i;;;;;;;;1D;. The third-order valence-electron chi connectivity index (χ3n) is 16.2. The number of aliphatic hydroxyl groups excluding tert-OH is 3. The number of nitro benzene ring substituents is 1. The van der Waals surface area contributed by atoms with E-state index in [9.17, 15) is 62.8 Å². The number of halogens is 2. The molecule has 1 aromatic carbocycles. The van der Waals surface area contributed by atoms with Crippen molar-refractivity contribution in [1.29, 1.82) is 0 Å². The van der Waals surface area contributed by atoms with E-state index >= 15 is 0 Å². The van der Waals surface area contributed by atoms with Crippen molar-refractivity contribution in [2.45, 2.75) is 221 Å². The number of ketones is 1. The molecule has 0 bridgehead atoms. The minimum absolute atomic E-state index is 0. The van der Waals surface area contributed by atoms with Gasteiger partial charge < -0.3 is 86.0 Å². The molecule has 1 spiro atoms. The molecule has 3 aliphatic rings. The SMILES string of the molecule is CC(=O)O[C@@H](C)/C=C\C(=O)N[C@@H]1C[C@H](C)[C@H](C/C=C(C)/C=C/[C@H]2O[C@H](CC(=O)CNC(=O)OC[C@@H](C)SSc3ccccn3)C[C@@]3(CO3)[C@@H]2O)O[C@@H]1C.CC(=O)[S-].COC(=O)[C@@H](C)SC(C)=O.COC(=O)[C@H](C)Cl.C[C@@H](S)CO.C[C@H](CO)SSc1ccccn1.C[C@H](COC(=O)Oc1ccc([N+](=O)[O-])cc1)SSc1ccccn1.[2H]CF.[K+].c1ccc(SSc2ccccn2)nc1. The molecule has 724 valence electrons. The van der Waals surface area contributed by atoms with E-state index in [0.29, 0.717) is 19.4 Å². The molecule has 3 fully saturated rings. The number of hydrogen-bond acceptors (Lipinski definition) is 39. The first kappa shape index (κ1) is 124. The van der Waals surface area contributed by atoms with Crippen molar-refractivity contribution in [3.05, 3.63) is 192 Å². The summed E-state index contributed by atoms with van der Waals surface area (Å²) in [6.07, 6.45) is 15.1. The number of hydrogen-bond donors (Lipinski definition) is 6. The summed E-state index contributed by atoms with van der Waals surface area (Å²) >= 11 is 14.1. The number of esters is 3. The number of carbonyl (C=O) groups is 9. The van der Waals surface area contributed by atoms with Crippen molar-refractivity contribution in [3.63, 3.8) is 0 Å². The number of pyridine rings is 5. The summed E-state index contributed by atoms with van der Waals surface area (Å²) in [5.41, 5.74) is 0.140. The van der Waals surface area contributed by atoms with Crippen molar-refractivity contribution in [3.8, 4) is 5.75 Å². The molecule has 31 nitrogen and oxygen atoms in total. The van der Waals surface area contributed by atoms with Gasteiger partial charge in [-0.25, -0.2) is 34.5 Å². The largest absolute Gasteiger partial charge is 1.00 e. The van der Waals surface area contributed by atoms with Crippen LogP contribution in [0.15, 0.2) is 207 Å². The van der Waals surface area contributed by atoms with Crippen LogP contribution >= 0.6 is 122 Å². The number of thiol groups is 1. The summed E-state index contributed by atoms with van der Waals surface area (Å²) in [4.78, 5) is 132. The molecule has 3 aliphatic heterocycles. The smallest absolute Gasteiger partial charge is 0.742 e. The summed E-state index contributed by atoms with van der Waals surface area (Å²) in [6.45, 7) is 23.6. The Balaban J connectivity index is 0.00000178. The number of aliphatic hydroxyl groups is 3. The van der Waals surface area contributed by atoms with Crippen LogP contribution in [0.4, 0.5) is 19.7 Å². The molecule has 8 heterocycles. The molecule has 0 unspecified atom stereocenters. The topological polar surface area (TPSA) is 432 Å². The zero-order chi connectivity index (χ0) is 98.9. The second-order valence-electron chi connectivity index (χ2n) is 27.9. The van der Waals surface area contributed by atoms with Gasteiger partial charge in [0, 0.05) is 102 Å². The Labute approximate surface area is 868 Å². The average molecular weight is 2090 g/mol. The van der Waals surface area contributed by atoms with Crippen LogP contribution in [0.25, 0.3) is 0 Å². The molecule has 0 saturated carbocycles. The van der Waals surface area contributed by atoms with Crippen molar-refractivity contribution >= 4 is 193 Å². The van der Waals surface area contributed by atoms with Gasteiger partial charge >= 0.3 is 81.5 Å². The van der Waals surface area contributed by atoms with Crippen LogP contribution < -0.4 is 66.8 Å². The van der Waals surface area contributed by atoms with Gasteiger partial charge in [-0.2, -0.15) is 12.6 Å². The molecule has 0 radical (unpaired) electrons. The predicted molar refractivity (Wildman–Crippen MR) is 526 cm³/mol. The molecule has 5 aromatic heterocycles. The van der Waals surface area contributed by atoms with E-state index in [1.807, 2.05) is 139 Å². The molecule has 5 N–H and O–H groups in total. The van der Waals surface area contributed by atoms with Crippen molar-refractivity contribution in [2.24, 2.45) is 5.92 Å². The molecule has 3 saturated heterocycles. The fourth-order valence-corrected chi connectivity index (χ4v) is 17.9. The number of carbonyl (C=O) groups excluding carboxylic acids is 9. The molecule has 6 aromatic rings. The molecule has 132 heavy (non-hydrogen) atoms. The van der Waals surface area contributed by atoms with Gasteiger partial charge in [-0.05, 0) is 207 Å². The van der Waals surface area contributed by atoms with Gasteiger partial charge in [-0.1, -0.05) is 119 Å². The molecule has 2 amide bonds. The Bertz CT molecular complexity index is 4340. The number of methoxy groups -OCH3 is 2. The Morgan fingerprint density at radius 2 is 1.16 bits per heavy atom. The van der Waals surface area contributed by atoms with E-state index in [1.54, 1.807) is 118 Å². The number of nitrogens with zero attached hydrogens (tertiary/aromatic N) is 6. The van der Waals surface area contributed by atoms with Crippen molar-refractivity contribution < 1.29 is 163 Å². The van der Waals surface area contributed by atoms with Crippen LogP contribution in [0, 0.1) is 16.0 Å². The van der Waals surface area contributed by atoms with E-state index in [4.69, 9.17) is 56.3 Å². The summed E-state index contributed by atoms with van der Waals surface area (Å²) in [5, 5.41) is 47.9. The maximum Gasteiger partial charge on any atom is 1.00 e. The van der Waals surface area contributed by atoms with Crippen LogP contribution in [0.5, 0.6) is 5.75 Å². The Morgan fingerprint density at radius 1 is 0.705 bits per heavy atom. The first-order valence-electron chi connectivity index (χ1n) is 40.9. The number of thioether (sulfide) groups is 1. The maximum atomic E-state index is 12.8. The number of non-ortho nitro benzene ring substituents is 1. The molecule has 15 atom stereocenters. The molecule has 45 heteroatoms. The summed E-state index contributed by atoms with van der Waals surface area (Å²) in [5.74, 6) is -1.26. The number of rotatable bonds is 35. The number of amides is 2. The Kier molecular flexibility index (Phi) is 71.0. The minimum Gasteiger partial charge on any atom is -0.742 e. The Hall–Kier alpha value is -5.64. The molecular formula is C87H117ClFKN8O23S11. The molecular weight excluding hydrogens is 1970 g/mol. The van der Waals surface area contributed by atoms with E-state index in [2.05, 4.69) is 83.3 Å². The number of epoxide rings is 1. The number of alkyl halides is 2. The number of Topliss-reactive ketones (excluding diaryl/α,β-unsaturated/α-hetero) is 1. The third-order valence-corrected chi connectivity index (χ3v) is 27.9. The second kappa shape index (κ2) is 75.4. The van der Waals surface area contributed by atoms with Crippen molar-refractivity contribution in [1.82, 2.24) is 35.6 Å². The fourth-order valence-electron chi connectivity index (χ4n) is 9.75. The molecule has 9 rings (SSSR count). The summed E-state index contributed by atoms with van der Waals surface area (Å²) in [6, 6.07) is 33.9. The fraction of sp³-hybridized carbons (Fsp3) is 0.471. The number of ether oxygens (including phenoxy) is 9. The number of nitrogens with one attached hydrogen (secondary N) is 2. The second-order valence-corrected chi connectivity index (χ2v) is 41.6. The van der Waals surface area contributed by atoms with Gasteiger partial charge in [0.2, 0.25) is 5.91 Å². The normalized spacial score (nSPS) is 18.8. The van der Waals surface area contributed by atoms with Crippen molar-refractivity contribution in [2.75, 3.05) is 61.0 Å². The first-order chi connectivity index (χ1) is 62.7. The van der Waals surface area contributed by atoms with Gasteiger partial charge in [0.15, 0.2) is 10.9 Å². The van der Waals surface area contributed by atoms with Gasteiger partial charge in [0.05, 0.1) is 78.4 Å². The molecule has 0 aliphatic carbocycles. The number of aromatic nitrogens is 5. The number of allylic oxidation sites excluding steroid dienone is 2. The van der Waals surface area contributed by atoms with Crippen LogP contribution in [0.1, 0.15) is 117 Å². The summed E-state index contributed by atoms with van der Waals surface area (Å²) < 4.78 is 62.5. The van der Waals surface area contributed by atoms with E-state index in [-0.39, 0.29) is 186 Å². The van der Waals surface area contributed by atoms with E-state index in [1.165, 1.54) is 97.7 Å². The number of nitro groups is 1. The maximum absolute atomic E-state index is 12.8. The monoisotopic (exact) mass is 2090 g/mol. The third kappa shape index (κ3) is 62.2. The van der Waals surface area contributed by atoms with Gasteiger partial charge in [-0.3, -0.25) is 43.3 Å². The number of benzene rings is 1. The van der Waals surface area contributed by atoms with E-state index in [0.717, 1.165) is 48.9 Å². The van der Waals surface area contributed by atoms with Gasteiger partial charge in [-0.15, -0.1) is 11.6 Å². The summed E-state index contributed by atoms with van der Waals surface area (Å²) in [7, 11) is 14.1. The zero-order valence-electron chi connectivity index (χ0n) is 77.1. The Morgan fingerprint density at radius 3 is 1.55 bits per heavy atom. The van der Waals surface area contributed by atoms with E-state index < -0.39 is 65.7 Å². The predicted octanol–water partition coefficient (Wildman–Crippen LogP) is 14.3. The van der Waals surface area contributed by atoms with Crippen LogP contribution in [0.3, 0.4) is 0 Å². The van der Waals surface area contributed by atoms with Crippen LogP contribution in [0.2, 0.25) is 0 Å². The van der Waals surface area contributed by atoms with Crippen LogP contribution in [-0.4, -0.2) is 238 Å². The zero-order valence-corrected chi connectivity index (χ0v) is 89.0. The minimum atomic E-state index is -1.00. The first-order valence-corrected chi connectivity index (χ1v) is 51.2. The average Bonchev–Trinajstić information content (AvgIpc) is 1.60.